The lowest BCUT2D eigenvalue weighted by Gasteiger charge is -2.22. The van der Waals surface area contributed by atoms with E-state index in [9.17, 15) is 9.59 Å². The predicted molar refractivity (Wildman–Crippen MR) is 77.1 cm³/mol. The predicted octanol–water partition coefficient (Wildman–Crippen LogP) is 1.36. The summed E-state index contributed by atoms with van der Waals surface area (Å²) in [7, 11) is 0. The number of aryl methyl sites for hydroxylation is 1. The van der Waals surface area contributed by atoms with Crippen molar-refractivity contribution >= 4 is 11.9 Å². The standard InChI is InChI=1S/C15H21N3O2/c1-3-11-5-7-12(8-6-11)15(2)13(19)18(10-4-9-16)14(20)17-15/h5-8H,3-4,9-10,16H2,1-2H3,(H,17,20). The summed E-state index contributed by atoms with van der Waals surface area (Å²) in [6.45, 7) is 4.65. The van der Waals surface area contributed by atoms with Crippen LogP contribution < -0.4 is 11.1 Å². The number of urea groups is 1. The van der Waals surface area contributed by atoms with Crippen LogP contribution in [-0.2, 0) is 16.8 Å². The zero-order valence-electron chi connectivity index (χ0n) is 12.0. The first-order valence-electron chi connectivity index (χ1n) is 6.96. The van der Waals surface area contributed by atoms with Gasteiger partial charge in [-0.3, -0.25) is 9.69 Å². The number of carbonyl (C=O) groups excluding carboxylic acids is 2. The van der Waals surface area contributed by atoms with Gasteiger partial charge in [0.2, 0.25) is 0 Å². The zero-order valence-corrected chi connectivity index (χ0v) is 12.0. The van der Waals surface area contributed by atoms with Gasteiger partial charge in [-0.05, 0) is 37.4 Å². The van der Waals surface area contributed by atoms with Crippen molar-refractivity contribution in [3.63, 3.8) is 0 Å². The SMILES string of the molecule is CCc1ccc(C2(C)NC(=O)N(CCCN)C2=O)cc1. The Balaban J connectivity index is 2.25. The van der Waals surface area contributed by atoms with Gasteiger partial charge in [-0.2, -0.15) is 0 Å². The third-order valence-electron chi connectivity index (χ3n) is 3.80. The van der Waals surface area contributed by atoms with Crippen LogP contribution in [0.3, 0.4) is 0 Å². The number of nitrogens with two attached hydrogens (primary N) is 1. The Morgan fingerprint density at radius 2 is 1.90 bits per heavy atom. The maximum absolute atomic E-state index is 12.5. The molecule has 0 saturated carbocycles. The van der Waals surface area contributed by atoms with Gasteiger partial charge >= 0.3 is 6.03 Å². The number of hydrogen-bond donors (Lipinski definition) is 2. The number of nitrogens with zero attached hydrogens (tertiary/aromatic N) is 1. The minimum Gasteiger partial charge on any atom is -0.330 e. The summed E-state index contributed by atoms with van der Waals surface area (Å²) in [5.74, 6) is -0.208. The highest BCUT2D eigenvalue weighted by Crippen LogP contribution is 2.29. The van der Waals surface area contributed by atoms with E-state index in [4.69, 9.17) is 5.73 Å². The molecule has 0 aromatic heterocycles. The molecule has 108 valence electrons. The number of rotatable bonds is 5. The summed E-state index contributed by atoms with van der Waals surface area (Å²) in [5.41, 5.74) is 6.48. The van der Waals surface area contributed by atoms with Crippen molar-refractivity contribution in [1.29, 1.82) is 0 Å². The number of amides is 3. The summed E-state index contributed by atoms with van der Waals surface area (Å²) in [4.78, 5) is 25.7. The highest BCUT2D eigenvalue weighted by atomic mass is 16.2. The Morgan fingerprint density at radius 1 is 1.25 bits per heavy atom. The molecule has 2 rings (SSSR count). The lowest BCUT2D eigenvalue weighted by atomic mass is 9.91. The minimum absolute atomic E-state index is 0.208. The fourth-order valence-electron chi connectivity index (χ4n) is 2.42. The molecule has 0 bridgehead atoms. The largest absolute Gasteiger partial charge is 0.330 e. The fourth-order valence-corrected chi connectivity index (χ4v) is 2.42. The first-order valence-corrected chi connectivity index (χ1v) is 6.96. The molecule has 5 nitrogen and oxygen atoms in total. The van der Waals surface area contributed by atoms with Gasteiger partial charge in [-0.25, -0.2) is 4.79 Å². The lowest BCUT2D eigenvalue weighted by Crippen LogP contribution is -2.41. The van der Waals surface area contributed by atoms with Crippen LogP contribution in [0, 0.1) is 0 Å². The number of benzene rings is 1. The molecule has 1 saturated heterocycles. The second kappa shape index (κ2) is 5.63. The van der Waals surface area contributed by atoms with Gasteiger partial charge in [0, 0.05) is 6.54 Å². The van der Waals surface area contributed by atoms with E-state index in [1.54, 1.807) is 6.92 Å². The Labute approximate surface area is 119 Å². The Bertz CT molecular complexity index is 512. The van der Waals surface area contributed by atoms with Crippen LogP contribution in [0.5, 0.6) is 0 Å². The van der Waals surface area contributed by atoms with Crippen molar-refractivity contribution in [3.05, 3.63) is 35.4 Å². The maximum Gasteiger partial charge on any atom is 0.325 e. The highest BCUT2D eigenvalue weighted by molar-refractivity contribution is 6.07. The summed E-state index contributed by atoms with van der Waals surface area (Å²) >= 11 is 0. The molecule has 1 aliphatic heterocycles. The van der Waals surface area contributed by atoms with Gasteiger partial charge in [-0.15, -0.1) is 0 Å². The lowest BCUT2D eigenvalue weighted by molar-refractivity contribution is -0.131. The third-order valence-corrected chi connectivity index (χ3v) is 3.80. The van der Waals surface area contributed by atoms with Crippen LogP contribution in [0.2, 0.25) is 0 Å². The van der Waals surface area contributed by atoms with E-state index < -0.39 is 5.54 Å². The fraction of sp³-hybridized carbons (Fsp3) is 0.467. The molecule has 1 fully saturated rings. The van der Waals surface area contributed by atoms with Crippen molar-refractivity contribution < 1.29 is 9.59 Å². The monoisotopic (exact) mass is 275 g/mol. The van der Waals surface area contributed by atoms with E-state index in [2.05, 4.69) is 12.2 Å². The molecule has 3 N–H and O–H groups in total. The average molecular weight is 275 g/mol. The summed E-state index contributed by atoms with van der Waals surface area (Å²) < 4.78 is 0. The molecular formula is C15H21N3O2. The van der Waals surface area contributed by atoms with E-state index in [1.165, 1.54) is 10.5 Å². The molecule has 0 radical (unpaired) electrons. The highest BCUT2D eigenvalue weighted by Gasteiger charge is 2.48. The Morgan fingerprint density at radius 3 is 2.45 bits per heavy atom. The molecule has 1 aromatic rings. The van der Waals surface area contributed by atoms with Crippen molar-refractivity contribution in [2.24, 2.45) is 5.73 Å². The third kappa shape index (κ3) is 2.41. The number of nitrogens with one attached hydrogen (secondary N) is 1. The molecule has 1 unspecified atom stereocenters. The molecule has 1 aromatic carbocycles. The second-order valence-corrected chi connectivity index (χ2v) is 5.20. The minimum atomic E-state index is -0.974. The topological polar surface area (TPSA) is 75.4 Å². The van der Waals surface area contributed by atoms with Gasteiger partial charge in [0.15, 0.2) is 0 Å². The van der Waals surface area contributed by atoms with Crippen molar-refractivity contribution in [2.75, 3.05) is 13.1 Å². The van der Waals surface area contributed by atoms with Crippen LogP contribution in [-0.4, -0.2) is 29.9 Å². The van der Waals surface area contributed by atoms with E-state index in [0.29, 0.717) is 19.5 Å². The van der Waals surface area contributed by atoms with E-state index in [1.807, 2.05) is 24.3 Å². The normalized spacial score (nSPS) is 22.2. The molecule has 1 aliphatic rings. The van der Waals surface area contributed by atoms with Crippen LogP contribution in [0.1, 0.15) is 31.4 Å². The molecular weight excluding hydrogens is 254 g/mol. The second-order valence-electron chi connectivity index (χ2n) is 5.20. The average Bonchev–Trinajstić information content (AvgIpc) is 2.68. The Hall–Kier alpha value is -1.88. The van der Waals surface area contributed by atoms with Crippen LogP contribution in [0.25, 0.3) is 0 Å². The van der Waals surface area contributed by atoms with Gasteiger partial charge in [-0.1, -0.05) is 31.2 Å². The summed E-state index contributed by atoms with van der Waals surface area (Å²) in [6.07, 6.45) is 1.56. The molecule has 1 heterocycles. The number of imide groups is 1. The molecule has 0 aliphatic carbocycles. The van der Waals surface area contributed by atoms with E-state index >= 15 is 0 Å². The number of hydrogen-bond acceptors (Lipinski definition) is 3. The van der Waals surface area contributed by atoms with Gasteiger partial charge in [0.1, 0.15) is 5.54 Å². The molecule has 1 atom stereocenters. The van der Waals surface area contributed by atoms with E-state index in [0.717, 1.165) is 12.0 Å². The summed E-state index contributed by atoms with van der Waals surface area (Å²) in [6, 6.07) is 7.45. The quantitative estimate of drug-likeness (QED) is 0.797. The number of carbonyl (C=O) groups is 2. The van der Waals surface area contributed by atoms with Crippen LogP contribution >= 0.6 is 0 Å². The summed E-state index contributed by atoms with van der Waals surface area (Å²) in [5, 5.41) is 2.79. The van der Waals surface area contributed by atoms with Crippen molar-refractivity contribution in [2.45, 2.75) is 32.2 Å². The van der Waals surface area contributed by atoms with Crippen LogP contribution in [0.4, 0.5) is 4.79 Å². The molecule has 20 heavy (non-hydrogen) atoms. The van der Waals surface area contributed by atoms with Gasteiger partial charge in [0.25, 0.3) is 5.91 Å². The first kappa shape index (κ1) is 14.5. The van der Waals surface area contributed by atoms with Crippen LogP contribution in [0.15, 0.2) is 24.3 Å². The zero-order chi connectivity index (χ0) is 14.8. The van der Waals surface area contributed by atoms with Gasteiger partial charge < -0.3 is 11.1 Å². The van der Waals surface area contributed by atoms with E-state index in [-0.39, 0.29) is 11.9 Å². The molecule has 3 amide bonds. The molecule has 5 heteroatoms. The Kier molecular flexibility index (Phi) is 4.09. The van der Waals surface area contributed by atoms with Gasteiger partial charge in [0.05, 0.1) is 0 Å². The first-order chi connectivity index (χ1) is 9.52. The maximum atomic E-state index is 12.5. The van der Waals surface area contributed by atoms with Crippen molar-refractivity contribution in [1.82, 2.24) is 10.2 Å². The smallest absolute Gasteiger partial charge is 0.325 e. The molecule has 0 spiro atoms. The van der Waals surface area contributed by atoms with Crippen molar-refractivity contribution in [3.8, 4) is 0 Å².